The van der Waals surface area contributed by atoms with E-state index < -0.39 is 6.23 Å². The Bertz CT molecular complexity index is 1550. The molecule has 1 saturated heterocycles. The highest BCUT2D eigenvalue weighted by Gasteiger charge is 2.29. The van der Waals surface area contributed by atoms with Gasteiger partial charge >= 0.3 is 0 Å². The molecule has 0 amide bonds. The number of H-pyrrole nitrogens is 2. The predicted molar refractivity (Wildman–Crippen MR) is 138 cm³/mol. The van der Waals surface area contributed by atoms with Gasteiger partial charge in [-0.05, 0) is 44.2 Å². The van der Waals surface area contributed by atoms with Gasteiger partial charge in [0.2, 0.25) is 0 Å². The second-order valence-electron chi connectivity index (χ2n) is 9.76. The Labute approximate surface area is 207 Å². The number of anilines is 2. The van der Waals surface area contributed by atoms with Gasteiger partial charge in [0.05, 0.1) is 52.9 Å². The minimum Gasteiger partial charge on any atom is -0.374 e. The van der Waals surface area contributed by atoms with E-state index in [9.17, 15) is 5.11 Å². The van der Waals surface area contributed by atoms with E-state index in [1.165, 1.54) is 19.3 Å². The van der Waals surface area contributed by atoms with Crippen LogP contribution in [0, 0.1) is 5.92 Å². The molecule has 1 saturated carbocycles. The van der Waals surface area contributed by atoms with Crippen molar-refractivity contribution in [2.24, 2.45) is 5.92 Å². The molecule has 5 aromatic heterocycles. The predicted octanol–water partition coefficient (Wildman–Crippen LogP) is 4.09. The molecule has 2 aliphatic rings. The zero-order valence-electron chi connectivity index (χ0n) is 19.8. The minimum absolute atomic E-state index is 0.325. The van der Waals surface area contributed by atoms with E-state index >= 15 is 0 Å². The number of hydrogen-bond donors (Lipinski definition) is 4. The zero-order valence-corrected chi connectivity index (χ0v) is 19.8. The Morgan fingerprint density at radius 3 is 2.69 bits per heavy atom. The highest BCUT2D eigenvalue weighted by molar-refractivity contribution is 5.96. The Kier molecular flexibility index (Phi) is 5.05. The smallest absolute Gasteiger partial charge is 0.159 e. The number of aromatic nitrogens is 7. The highest BCUT2D eigenvalue weighted by Crippen LogP contribution is 2.34. The van der Waals surface area contributed by atoms with E-state index in [0.29, 0.717) is 11.7 Å². The van der Waals surface area contributed by atoms with Crippen molar-refractivity contribution in [3.63, 3.8) is 0 Å². The first kappa shape index (κ1) is 21.3. The van der Waals surface area contributed by atoms with Crippen molar-refractivity contribution in [2.45, 2.75) is 38.3 Å². The standard InChI is InChI=1S/C26H27N9O/c36-26(15-4-5-15)30-17-8-16(10-27-11-17)19-9-18-20(13-29-19)33-34-23(18)25-31-21-12-28-14-22(24(21)32-25)35-6-2-1-3-7-35/h8-15,26,30,36H,1-7H2,(H,31,32)(H,33,34). The summed E-state index contributed by atoms with van der Waals surface area (Å²) in [5.41, 5.74) is 6.86. The van der Waals surface area contributed by atoms with Gasteiger partial charge in [-0.2, -0.15) is 5.10 Å². The quantitative estimate of drug-likeness (QED) is 0.267. The molecule has 1 atom stereocenters. The van der Waals surface area contributed by atoms with Gasteiger partial charge in [-0.15, -0.1) is 0 Å². The number of fused-ring (bicyclic) bond motifs is 2. The molecule has 0 spiro atoms. The first-order valence-corrected chi connectivity index (χ1v) is 12.6. The summed E-state index contributed by atoms with van der Waals surface area (Å²) in [5.74, 6) is 1.02. The van der Waals surface area contributed by atoms with Crippen LogP contribution in [-0.2, 0) is 0 Å². The van der Waals surface area contributed by atoms with E-state index in [0.717, 1.165) is 76.2 Å². The second-order valence-corrected chi connectivity index (χ2v) is 9.76. The van der Waals surface area contributed by atoms with Crippen molar-refractivity contribution in [2.75, 3.05) is 23.3 Å². The monoisotopic (exact) mass is 481 g/mol. The van der Waals surface area contributed by atoms with Gasteiger partial charge < -0.3 is 20.3 Å². The SMILES string of the molecule is OC(Nc1cncc(-c2cc3c(-c4nc5c(N6CCCCC6)cncc5[nH]4)n[nH]c3cn2)c1)C1CC1. The minimum atomic E-state index is -0.546. The molecular formula is C26H27N9O. The van der Waals surface area contributed by atoms with Crippen LogP contribution in [0.5, 0.6) is 0 Å². The lowest BCUT2D eigenvalue weighted by Gasteiger charge is -2.28. The van der Waals surface area contributed by atoms with Gasteiger partial charge in [-0.1, -0.05) is 0 Å². The maximum atomic E-state index is 10.3. The van der Waals surface area contributed by atoms with E-state index in [2.05, 4.69) is 40.3 Å². The van der Waals surface area contributed by atoms with Crippen molar-refractivity contribution in [1.29, 1.82) is 0 Å². The van der Waals surface area contributed by atoms with Crippen LogP contribution in [0.15, 0.2) is 43.1 Å². The summed E-state index contributed by atoms with van der Waals surface area (Å²) < 4.78 is 0. The molecule has 182 valence electrons. The van der Waals surface area contributed by atoms with Gasteiger partial charge in [0.15, 0.2) is 5.82 Å². The number of nitrogens with one attached hydrogen (secondary N) is 3. The third-order valence-electron chi connectivity index (χ3n) is 7.16. The van der Waals surface area contributed by atoms with E-state index in [1.54, 1.807) is 18.6 Å². The van der Waals surface area contributed by atoms with Gasteiger partial charge in [0.25, 0.3) is 0 Å². The van der Waals surface area contributed by atoms with Crippen molar-refractivity contribution >= 4 is 33.3 Å². The van der Waals surface area contributed by atoms with Crippen molar-refractivity contribution in [3.05, 3.63) is 43.1 Å². The molecule has 36 heavy (non-hydrogen) atoms. The lowest BCUT2D eigenvalue weighted by atomic mass is 10.1. The molecule has 7 rings (SSSR count). The van der Waals surface area contributed by atoms with E-state index in [-0.39, 0.29) is 0 Å². The van der Waals surface area contributed by atoms with Crippen LogP contribution in [0.25, 0.3) is 44.7 Å². The van der Waals surface area contributed by atoms with Gasteiger partial charge in [-0.3, -0.25) is 20.1 Å². The van der Waals surface area contributed by atoms with Crippen LogP contribution in [0.3, 0.4) is 0 Å². The van der Waals surface area contributed by atoms with Crippen molar-refractivity contribution in [3.8, 4) is 22.8 Å². The topological polar surface area (TPSA) is 132 Å². The molecule has 10 nitrogen and oxygen atoms in total. The summed E-state index contributed by atoms with van der Waals surface area (Å²) in [6.45, 7) is 2.06. The molecule has 1 unspecified atom stereocenters. The molecule has 0 bridgehead atoms. The first-order chi connectivity index (χ1) is 17.7. The molecular weight excluding hydrogens is 454 g/mol. The number of aliphatic hydroxyl groups is 1. The fraction of sp³-hybridized carbons (Fsp3) is 0.346. The molecule has 0 aromatic carbocycles. The Balaban J connectivity index is 1.25. The molecule has 5 aromatic rings. The number of aromatic amines is 2. The normalized spacial score (nSPS) is 17.1. The van der Waals surface area contributed by atoms with Crippen LogP contribution in [0.1, 0.15) is 32.1 Å². The number of imidazole rings is 1. The lowest BCUT2D eigenvalue weighted by Crippen LogP contribution is -2.29. The number of nitrogens with zero attached hydrogens (tertiary/aromatic N) is 6. The molecule has 10 heteroatoms. The average Bonchev–Trinajstić information content (AvgIpc) is 3.55. The van der Waals surface area contributed by atoms with Crippen LogP contribution < -0.4 is 10.2 Å². The molecule has 6 heterocycles. The lowest BCUT2D eigenvalue weighted by molar-refractivity contribution is 0.180. The fourth-order valence-corrected chi connectivity index (χ4v) is 5.01. The molecule has 1 aliphatic heterocycles. The van der Waals surface area contributed by atoms with Gasteiger partial charge in [0, 0.05) is 36.2 Å². The van der Waals surface area contributed by atoms with Gasteiger partial charge in [0.1, 0.15) is 17.4 Å². The summed E-state index contributed by atoms with van der Waals surface area (Å²) >= 11 is 0. The van der Waals surface area contributed by atoms with Crippen molar-refractivity contribution in [1.82, 2.24) is 35.1 Å². The number of aliphatic hydroxyl groups excluding tert-OH is 1. The molecule has 4 N–H and O–H groups in total. The second kappa shape index (κ2) is 8.56. The summed E-state index contributed by atoms with van der Waals surface area (Å²) in [7, 11) is 0. The molecule has 1 aliphatic carbocycles. The van der Waals surface area contributed by atoms with E-state index in [4.69, 9.17) is 4.98 Å². The number of rotatable bonds is 6. The highest BCUT2D eigenvalue weighted by atomic mass is 16.3. The number of piperidine rings is 1. The van der Waals surface area contributed by atoms with Gasteiger partial charge in [-0.25, -0.2) is 4.98 Å². The third-order valence-corrected chi connectivity index (χ3v) is 7.16. The maximum Gasteiger partial charge on any atom is 0.159 e. The Morgan fingerprint density at radius 1 is 0.972 bits per heavy atom. The largest absolute Gasteiger partial charge is 0.374 e. The number of pyridine rings is 3. The summed E-state index contributed by atoms with van der Waals surface area (Å²) in [5, 5.41) is 22.0. The first-order valence-electron chi connectivity index (χ1n) is 12.6. The number of hydrogen-bond acceptors (Lipinski definition) is 8. The maximum absolute atomic E-state index is 10.3. The molecule has 2 fully saturated rings. The average molecular weight is 482 g/mol. The van der Waals surface area contributed by atoms with E-state index in [1.807, 2.05) is 24.5 Å². The summed E-state index contributed by atoms with van der Waals surface area (Å²) in [4.78, 5) is 24.2. The van der Waals surface area contributed by atoms with Crippen LogP contribution in [-0.4, -0.2) is 59.5 Å². The summed E-state index contributed by atoms with van der Waals surface area (Å²) in [6.07, 6.45) is 14.2. The van der Waals surface area contributed by atoms with Crippen LogP contribution in [0.2, 0.25) is 0 Å². The third kappa shape index (κ3) is 3.83. The van der Waals surface area contributed by atoms with Crippen LogP contribution in [0.4, 0.5) is 11.4 Å². The summed E-state index contributed by atoms with van der Waals surface area (Å²) in [6, 6.07) is 3.97. The Morgan fingerprint density at radius 2 is 1.83 bits per heavy atom. The van der Waals surface area contributed by atoms with Crippen LogP contribution >= 0.6 is 0 Å². The zero-order chi connectivity index (χ0) is 24.1. The Hall–Kier alpha value is -4.05. The van der Waals surface area contributed by atoms with Crippen molar-refractivity contribution < 1.29 is 5.11 Å². The molecule has 0 radical (unpaired) electrons. The fourth-order valence-electron chi connectivity index (χ4n) is 5.01.